The van der Waals surface area contributed by atoms with E-state index < -0.39 is 12.1 Å². The number of likely N-dealkylation sites (tertiary alicyclic amines) is 2. The molecule has 2 heterocycles. The van der Waals surface area contributed by atoms with Gasteiger partial charge in [-0.25, -0.2) is 4.39 Å². The van der Waals surface area contributed by atoms with Gasteiger partial charge in [-0.3, -0.25) is 4.79 Å². The monoisotopic (exact) mass is 400 g/mol. The molecule has 2 saturated heterocycles. The Morgan fingerprint density at radius 2 is 1.79 bits per heavy atom. The van der Waals surface area contributed by atoms with Gasteiger partial charge in [0.15, 0.2) is 0 Å². The van der Waals surface area contributed by atoms with Crippen LogP contribution in [0.5, 0.6) is 0 Å². The van der Waals surface area contributed by atoms with Crippen molar-refractivity contribution in [3.05, 3.63) is 24.1 Å². The molecule has 7 heteroatoms. The van der Waals surface area contributed by atoms with Crippen molar-refractivity contribution in [2.45, 2.75) is 63.7 Å². The molecular formula is C21H28F4N2O. The van der Waals surface area contributed by atoms with Crippen LogP contribution in [0.2, 0.25) is 0 Å². The third-order valence-corrected chi connectivity index (χ3v) is 7.59. The molecule has 2 aliphatic heterocycles. The molecule has 0 radical (unpaired) electrons. The van der Waals surface area contributed by atoms with Crippen molar-refractivity contribution in [2.75, 3.05) is 19.6 Å². The Balaban J connectivity index is 1.41. The fourth-order valence-corrected chi connectivity index (χ4v) is 5.94. The number of nitrogens with zero attached hydrogens (tertiary/aromatic N) is 2. The molecule has 0 aromatic carbocycles. The van der Waals surface area contributed by atoms with Gasteiger partial charge in [0.05, 0.1) is 12.0 Å². The highest BCUT2D eigenvalue weighted by Gasteiger charge is 2.54. The number of carbonyl (C=O) groups excluding carboxylic acids is 1. The highest BCUT2D eigenvalue weighted by molar-refractivity contribution is 5.74. The van der Waals surface area contributed by atoms with Crippen LogP contribution >= 0.6 is 0 Å². The molecule has 0 aromatic rings. The van der Waals surface area contributed by atoms with Crippen molar-refractivity contribution in [1.29, 1.82) is 0 Å². The van der Waals surface area contributed by atoms with Crippen LogP contribution in [0.1, 0.15) is 45.4 Å². The minimum absolute atomic E-state index is 0.00971. The van der Waals surface area contributed by atoms with E-state index in [-0.39, 0.29) is 48.0 Å². The number of halogens is 4. The fourth-order valence-electron chi connectivity index (χ4n) is 5.94. The predicted octanol–water partition coefficient (Wildman–Crippen LogP) is 4.46. The molecular weight excluding hydrogens is 372 g/mol. The van der Waals surface area contributed by atoms with Gasteiger partial charge >= 0.3 is 6.18 Å². The lowest BCUT2D eigenvalue weighted by molar-refractivity contribution is -0.184. The molecule has 4 aliphatic rings. The van der Waals surface area contributed by atoms with E-state index in [2.05, 4.69) is 4.90 Å². The van der Waals surface area contributed by atoms with Crippen molar-refractivity contribution < 1.29 is 22.4 Å². The quantitative estimate of drug-likeness (QED) is 0.607. The molecule has 28 heavy (non-hydrogen) atoms. The third kappa shape index (κ3) is 3.51. The number of amides is 1. The van der Waals surface area contributed by atoms with Gasteiger partial charge in [0.25, 0.3) is 0 Å². The predicted molar refractivity (Wildman–Crippen MR) is 98.0 cm³/mol. The zero-order valence-electron chi connectivity index (χ0n) is 16.2. The van der Waals surface area contributed by atoms with Crippen LogP contribution in [0.25, 0.3) is 0 Å². The third-order valence-electron chi connectivity index (χ3n) is 7.59. The Kier molecular flexibility index (Phi) is 5.09. The largest absolute Gasteiger partial charge is 0.391 e. The number of hydrogen-bond donors (Lipinski definition) is 0. The normalized spacial score (nSPS) is 35.8. The molecule has 3 fully saturated rings. The van der Waals surface area contributed by atoms with E-state index >= 15 is 0 Å². The molecule has 2 aliphatic carbocycles. The number of alkyl halides is 3. The smallest absolute Gasteiger partial charge is 0.335 e. The summed E-state index contributed by atoms with van der Waals surface area (Å²) in [5, 5.41) is 0. The zero-order chi connectivity index (χ0) is 20.1. The Morgan fingerprint density at radius 3 is 2.36 bits per heavy atom. The summed E-state index contributed by atoms with van der Waals surface area (Å²) in [6.45, 7) is 3.83. The maximum absolute atomic E-state index is 14.0. The van der Waals surface area contributed by atoms with Gasteiger partial charge < -0.3 is 9.80 Å². The minimum Gasteiger partial charge on any atom is -0.335 e. The van der Waals surface area contributed by atoms with Crippen molar-refractivity contribution in [3.8, 4) is 0 Å². The maximum atomic E-state index is 14.0. The number of rotatable bonds is 1. The Labute approximate surface area is 163 Å². The summed E-state index contributed by atoms with van der Waals surface area (Å²) in [5.74, 6) is -1.38. The van der Waals surface area contributed by atoms with E-state index in [1.54, 1.807) is 19.1 Å². The van der Waals surface area contributed by atoms with Crippen molar-refractivity contribution in [3.63, 3.8) is 0 Å². The Morgan fingerprint density at radius 1 is 1.14 bits per heavy atom. The van der Waals surface area contributed by atoms with Gasteiger partial charge in [-0.15, -0.1) is 0 Å². The summed E-state index contributed by atoms with van der Waals surface area (Å²) >= 11 is 0. The molecule has 4 rings (SSSR count). The lowest BCUT2D eigenvalue weighted by Crippen LogP contribution is -2.49. The van der Waals surface area contributed by atoms with Gasteiger partial charge in [-0.2, -0.15) is 13.2 Å². The molecule has 3 nitrogen and oxygen atoms in total. The summed E-state index contributed by atoms with van der Waals surface area (Å²) < 4.78 is 52.7. The molecule has 0 aromatic heterocycles. The van der Waals surface area contributed by atoms with E-state index in [4.69, 9.17) is 0 Å². The Bertz CT molecular complexity index is 670. The highest BCUT2D eigenvalue weighted by atomic mass is 19.4. The molecule has 0 bridgehead atoms. The van der Waals surface area contributed by atoms with Gasteiger partial charge in [0, 0.05) is 25.4 Å². The number of hydrogen-bond acceptors (Lipinski definition) is 2. The van der Waals surface area contributed by atoms with Gasteiger partial charge in [0.1, 0.15) is 5.83 Å². The number of piperidine rings is 1. The number of allylic oxidation sites excluding steroid dienone is 2. The van der Waals surface area contributed by atoms with E-state index in [1.807, 2.05) is 4.90 Å². The lowest BCUT2D eigenvalue weighted by atomic mass is 9.67. The summed E-state index contributed by atoms with van der Waals surface area (Å²) in [5.41, 5.74) is -0.127. The van der Waals surface area contributed by atoms with E-state index in [9.17, 15) is 22.4 Å². The summed E-state index contributed by atoms with van der Waals surface area (Å²) in [4.78, 5) is 16.3. The van der Waals surface area contributed by atoms with Gasteiger partial charge in [-0.1, -0.05) is 6.08 Å². The van der Waals surface area contributed by atoms with Crippen LogP contribution in [-0.4, -0.2) is 53.6 Å². The lowest BCUT2D eigenvalue weighted by Gasteiger charge is -2.46. The number of fused-ring (bicyclic) bond motifs is 2. The van der Waals surface area contributed by atoms with Crippen LogP contribution in [0, 0.1) is 17.3 Å². The van der Waals surface area contributed by atoms with Crippen molar-refractivity contribution >= 4 is 5.91 Å². The van der Waals surface area contributed by atoms with E-state index in [1.165, 1.54) is 6.08 Å². The van der Waals surface area contributed by atoms with Crippen LogP contribution in [-0.2, 0) is 4.79 Å². The fraction of sp³-hybridized carbons (Fsp3) is 0.762. The second-order valence-corrected chi connectivity index (χ2v) is 9.02. The van der Waals surface area contributed by atoms with Crippen molar-refractivity contribution in [1.82, 2.24) is 9.80 Å². The first-order chi connectivity index (χ1) is 13.2. The van der Waals surface area contributed by atoms with E-state index in [0.717, 1.165) is 25.9 Å². The first-order valence-electron chi connectivity index (χ1n) is 10.3. The van der Waals surface area contributed by atoms with Crippen LogP contribution in [0.4, 0.5) is 17.6 Å². The van der Waals surface area contributed by atoms with Crippen LogP contribution in [0.15, 0.2) is 24.1 Å². The highest BCUT2D eigenvalue weighted by Crippen LogP contribution is 2.51. The van der Waals surface area contributed by atoms with Gasteiger partial charge in [-0.05, 0) is 69.2 Å². The van der Waals surface area contributed by atoms with Crippen LogP contribution in [0.3, 0.4) is 0 Å². The van der Waals surface area contributed by atoms with Gasteiger partial charge in [0.2, 0.25) is 5.91 Å². The maximum Gasteiger partial charge on any atom is 0.391 e. The average Bonchev–Trinajstić information content (AvgIpc) is 2.96. The SMILES string of the molecule is CC(=O)N1CC2(CCN(C3CCC(C(F)(F)F)CC3)CC2)C2C=C(F)C=CC21. The standard InChI is InChI=1S/C21H28F4N2O/c1-14(28)27-13-20(18-12-16(22)4-7-19(18)27)8-10-26(11-9-20)17-5-2-15(3-6-17)21(23,24)25/h4,7,12,15,17-19H,2-3,5-6,8-11,13H2,1H3. The van der Waals surface area contributed by atoms with E-state index in [0.29, 0.717) is 19.4 Å². The van der Waals surface area contributed by atoms with Crippen LogP contribution < -0.4 is 0 Å². The Hall–Kier alpha value is -1.37. The molecule has 0 N–H and O–H groups in total. The number of carbonyl (C=O) groups is 1. The molecule has 1 amide bonds. The molecule has 1 spiro atoms. The zero-order valence-corrected chi connectivity index (χ0v) is 16.2. The van der Waals surface area contributed by atoms with Crippen molar-refractivity contribution in [2.24, 2.45) is 17.3 Å². The second kappa shape index (κ2) is 7.15. The molecule has 1 saturated carbocycles. The first kappa shape index (κ1) is 19.9. The summed E-state index contributed by atoms with van der Waals surface area (Å²) in [7, 11) is 0. The second-order valence-electron chi connectivity index (χ2n) is 9.02. The summed E-state index contributed by atoms with van der Waals surface area (Å²) in [6.07, 6.45) is 4.21. The summed E-state index contributed by atoms with van der Waals surface area (Å²) in [6, 6.07) is 0.140. The first-order valence-corrected chi connectivity index (χ1v) is 10.3. The topological polar surface area (TPSA) is 23.6 Å². The molecule has 2 unspecified atom stereocenters. The average molecular weight is 400 g/mol. The molecule has 2 atom stereocenters. The molecule has 156 valence electrons. The minimum atomic E-state index is -4.07.